The maximum atomic E-state index is 3.93. The van der Waals surface area contributed by atoms with E-state index in [1.165, 1.54) is 48.7 Å². The Labute approximate surface area is 281 Å². The summed E-state index contributed by atoms with van der Waals surface area (Å²) in [5.74, 6) is 7.83. The van der Waals surface area contributed by atoms with E-state index in [-0.39, 0.29) is 0 Å². The van der Waals surface area contributed by atoms with E-state index in [0.29, 0.717) is 0 Å². The van der Waals surface area contributed by atoms with Gasteiger partial charge in [-0.05, 0) is 0 Å². The van der Waals surface area contributed by atoms with Crippen molar-refractivity contribution in [3.63, 3.8) is 0 Å². The average molecular weight is 955 g/mol. The molecule has 4 heterocycles. The summed E-state index contributed by atoms with van der Waals surface area (Å²) in [5.41, 5.74) is 0. The molecular formula is C24H44S12Sn2. The molecule has 0 amide bonds. The van der Waals surface area contributed by atoms with E-state index in [9.17, 15) is 0 Å². The molecule has 38 heavy (non-hydrogen) atoms. The average Bonchev–Trinajstić information content (AvgIpc) is 2.75. The molecule has 4 aliphatic rings. The minimum atomic E-state index is -2.27. The first-order valence-corrected chi connectivity index (χ1v) is 52.7. The first-order chi connectivity index (χ1) is 18.3. The molecule has 0 nitrogen and oxygen atoms in total. The summed E-state index contributed by atoms with van der Waals surface area (Å²) in [5, 5.41) is 1.61. The predicted molar refractivity (Wildman–Crippen MR) is 216 cm³/mol. The van der Waals surface area contributed by atoms with Crippen molar-refractivity contribution in [1.82, 2.24) is 0 Å². The third-order valence-corrected chi connectivity index (χ3v) is 115. The van der Waals surface area contributed by atoms with Crippen LogP contribution in [0.2, 0.25) is 0 Å². The van der Waals surface area contributed by atoms with E-state index in [0.717, 1.165) is 40.3 Å². The van der Waals surface area contributed by atoms with Crippen LogP contribution in [0.4, 0.5) is 0 Å². The zero-order valence-corrected chi connectivity index (χ0v) is 38.5. The minimum absolute atomic E-state index is 0.803. The van der Waals surface area contributed by atoms with Crippen molar-refractivity contribution in [1.29, 1.82) is 0 Å². The number of hydrogen-bond acceptors (Lipinski definition) is 12. The van der Waals surface area contributed by atoms with Gasteiger partial charge in [-0.15, -0.1) is 0 Å². The fraction of sp³-hybridized carbons (Fsp3) is 0.833. The summed E-state index contributed by atoms with van der Waals surface area (Å²) in [6, 6.07) is 0. The van der Waals surface area contributed by atoms with Crippen LogP contribution in [0.25, 0.3) is 0 Å². The molecule has 0 N–H and O–H groups in total. The van der Waals surface area contributed by atoms with Gasteiger partial charge in [-0.3, -0.25) is 0 Å². The van der Waals surface area contributed by atoms with Crippen LogP contribution < -0.4 is 0 Å². The first-order valence-electron chi connectivity index (χ1n) is 13.3. The summed E-state index contributed by atoms with van der Waals surface area (Å²) in [4.78, 5) is 0. The van der Waals surface area contributed by atoms with Crippen LogP contribution in [0.3, 0.4) is 0 Å². The maximum absolute atomic E-state index is 3.93. The van der Waals surface area contributed by atoms with Gasteiger partial charge in [0.2, 0.25) is 0 Å². The van der Waals surface area contributed by atoms with Gasteiger partial charge in [0, 0.05) is 0 Å². The molecule has 0 bridgehead atoms. The Bertz CT molecular complexity index is 638. The molecule has 4 atom stereocenters. The molecule has 0 aliphatic carbocycles. The molecule has 14 heteroatoms. The van der Waals surface area contributed by atoms with Gasteiger partial charge in [-0.1, -0.05) is 0 Å². The van der Waals surface area contributed by atoms with E-state index in [1.54, 1.807) is 0 Å². The van der Waals surface area contributed by atoms with E-state index in [4.69, 9.17) is 0 Å². The van der Waals surface area contributed by atoms with Gasteiger partial charge in [0.15, 0.2) is 0 Å². The van der Waals surface area contributed by atoms with Crippen molar-refractivity contribution in [2.75, 3.05) is 34.5 Å². The number of rotatable bonds is 18. The Morgan fingerprint density at radius 2 is 0.895 bits per heavy atom. The van der Waals surface area contributed by atoms with Gasteiger partial charge in [0.05, 0.1) is 0 Å². The fourth-order valence-electron chi connectivity index (χ4n) is 3.14. The van der Waals surface area contributed by atoms with Crippen LogP contribution in [0, 0.1) is 0 Å². The molecule has 0 aromatic carbocycles. The molecule has 4 aliphatic heterocycles. The molecular weight excluding hydrogens is 910 g/mol. The van der Waals surface area contributed by atoms with Gasteiger partial charge in [-0.2, -0.15) is 0 Å². The number of hydrogen-bond donors (Lipinski definition) is 0. The normalized spacial score (nSPS) is 26.9. The Hall–Kier alpha value is 5.28. The molecule has 0 aromatic heterocycles. The summed E-state index contributed by atoms with van der Waals surface area (Å²) >= 11 is 4.26. The zero-order valence-electron chi connectivity index (χ0n) is 23.0. The second-order valence-electron chi connectivity index (χ2n) is 9.36. The second-order valence-corrected chi connectivity index (χ2v) is 99.0. The quantitative estimate of drug-likeness (QED) is 0.0949. The van der Waals surface area contributed by atoms with Crippen molar-refractivity contribution < 1.29 is 0 Å². The van der Waals surface area contributed by atoms with Crippen molar-refractivity contribution >= 4 is 144 Å². The van der Waals surface area contributed by atoms with Gasteiger partial charge >= 0.3 is 286 Å². The fourth-order valence-corrected chi connectivity index (χ4v) is 157. The van der Waals surface area contributed by atoms with Crippen LogP contribution in [-0.4, -0.2) is 89.0 Å². The molecule has 0 spiro atoms. The van der Waals surface area contributed by atoms with E-state index in [1.807, 2.05) is 0 Å². The van der Waals surface area contributed by atoms with Gasteiger partial charge < -0.3 is 0 Å². The monoisotopic (exact) mass is 956 g/mol. The van der Waals surface area contributed by atoms with E-state index < -0.39 is 25.7 Å². The molecule has 4 saturated heterocycles. The first kappa shape index (κ1) is 37.7. The predicted octanol–water partition coefficient (Wildman–Crippen LogP) is 11.8. The summed E-state index contributed by atoms with van der Waals surface area (Å²) in [6.45, 7) is 17.5. The molecule has 0 radical (unpaired) electrons. The number of thioether (sulfide) groups is 4. The molecule has 4 unspecified atom stereocenters. The van der Waals surface area contributed by atoms with Crippen LogP contribution in [0.5, 0.6) is 0 Å². The summed E-state index contributed by atoms with van der Waals surface area (Å²) in [6.07, 6.45) is 9.96. The Morgan fingerprint density at radius 3 is 1.11 bits per heavy atom. The Balaban J connectivity index is 0.000000211. The summed E-state index contributed by atoms with van der Waals surface area (Å²) < 4.78 is 3.66. The SMILES string of the molecule is C=CC[S][Sn]([S]CC=C)([S]C1CCS1)[S]C1CCS1.CC(C)[S][Sn]([S]C(C)C)([S]C1CCS1)[S]C1CCS1. The van der Waals surface area contributed by atoms with Crippen LogP contribution >= 0.6 is 119 Å². The van der Waals surface area contributed by atoms with Gasteiger partial charge in [0.25, 0.3) is 0 Å². The zero-order chi connectivity index (χ0) is 27.4. The molecule has 0 saturated carbocycles. The summed E-state index contributed by atoms with van der Waals surface area (Å²) in [7, 11) is 19.0. The third-order valence-electron chi connectivity index (χ3n) is 5.25. The Kier molecular flexibility index (Phi) is 20.4. The van der Waals surface area contributed by atoms with Crippen LogP contribution in [0.1, 0.15) is 53.4 Å². The van der Waals surface area contributed by atoms with E-state index in [2.05, 4.69) is 172 Å². The third kappa shape index (κ3) is 14.0. The van der Waals surface area contributed by atoms with Gasteiger partial charge in [-0.25, -0.2) is 0 Å². The molecule has 0 aromatic rings. The topological polar surface area (TPSA) is 0 Å². The molecule has 220 valence electrons. The standard InChI is InChI=1S/4C3H6S2.2C3H8S.2C3H6S.2Sn/c4*4-3-1-2-5-3;2*1-3(2)4;2*1-2-3-4;;/h4*3-4H,1-2H2;2*3-4H,1-2H3;2*2,4H,1,3H2;;/q;;;;;;;;2*+4/p-8. The van der Waals surface area contributed by atoms with Crippen molar-refractivity contribution in [3.05, 3.63) is 25.3 Å². The molecule has 4 rings (SSSR count). The second kappa shape index (κ2) is 20.5. The molecule has 4 fully saturated rings. The van der Waals surface area contributed by atoms with E-state index >= 15 is 0 Å². The van der Waals surface area contributed by atoms with Crippen LogP contribution in [0.15, 0.2) is 25.3 Å². The van der Waals surface area contributed by atoms with Crippen molar-refractivity contribution in [2.45, 2.75) is 82.2 Å². The Morgan fingerprint density at radius 1 is 0.605 bits per heavy atom. The van der Waals surface area contributed by atoms with Crippen LogP contribution in [-0.2, 0) is 0 Å². The van der Waals surface area contributed by atoms with Crippen molar-refractivity contribution in [2.24, 2.45) is 0 Å². The van der Waals surface area contributed by atoms with Gasteiger partial charge in [0.1, 0.15) is 0 Å². The van der Waals surface area contributed by atoms with Crippen molar-refractivity contribution in [3.8, 4) is 0 Å².